The van der Waals surface area contributed by atoms with E-state index in [1.54, 1.807) is 32.3 Å². The van der Waals surface area contributed by atoms with E-state index in [0.29, 0.717) is 16.7 Å². The number of benzene rings is 2. The number of primary amides is 1. The highest BCUT2D eigenvalue weighted by Crippen LogP contribution is 2.53. The zero-order valence-electron chi connectivity index (χ0n) is 22.2. The van der Waals surface area contributed by atoms with Crippen molar-refractivity contribution in [2.24, 2.45) is 23.3 Å². The van der Waals surface area contributed by atoms with E-state index in [1.807, 2.05) is 0 Å². The van der Waals surface area contributed by atoms with Crippen molar-refractivity contribution in [3.05, 3.63) is 75.3 Å². The summed E-state index contributed by atoms with van der Waals surface area (Å²) in [5, 5.41) is 54.7. The van der Waals surface area contributed by atoms with Gasteiger partial charge in [-0.3, -0.25) is 19.3 Å². The number of nitrogens with zero attached hydrogens (tertiary/aromatic N) is 1. The summed E-state index contributed by atoms with van der Waals surface area (Å²) < 4.78 is 0. The van der Waals surface area contributed by atoms with Crippen molar-refractivity contribution in [1.82, 2.24) is 4.90 Å². The van der Waals surface area contributed by atoms with Gasteiger partial charge in [-0.2, -0.15) is 0 Å². The van der Waals surface area contributed by atoms with Crippen LogP contribution in [0.5, 0.6) is 5.75 Å². The fourth-order valence-electron chi connectivity index (χ4n) is 6.61. The third-order valence-electron chi connectivity index (χ3n) is 8.44. The van der Waals surface area contributed by atoms with Gasteiger partial charge < -0.3 is 37.0 Å². The molecule has 41 heavy (non-hydrogen) atoms. The zero-order valence-corrected chi connectivity index (χ0v) is 22.2. The Morgan fingerprint density at radius 3 is 2.39 bits per heavy atom. The van der Waals surface area contributed by atoms with Crippen LogP contribution in [0.4, 0.5) is 0 Å². The van der Waals surface area contributed by atoms with Crippen molar-refractivity contribution in [2.45, 2.75) is 31.0 Å². The monoisotopic (exact) mass is 563 g/mol. The number of nitrogens with two attached hydrogens (primary N) is 2. The van der Waals surface area contributed by atoms with E-state index in [4.69, 9.17) is 11.5 Å². The summed E-state index contributed by atoms with van der Waals surface area (Å²) in [7, 11) is 3.10. The molecule has 0 aromatic heterocycles. The number of fused-ring (bicyclic) bond motifs is 3. The number of carbonyl (C=O) groups excluding carboxylic acids is 3. The number of carboxylic acid groups (broad SMARTS) is 1. The van der Waals surface area contributed by atoms with Crippen LogP contribution in [0.3, 0.4) is 0 Å². The molecule has 9 N–H and O–H groups in total. The third-order valence-corrected chi connectivity index (χ3v) is 8.44. The molecule has 2 aromatic rings. The molecule has 0 heterocycles. The van der Waals surface area contributed by atoms with Gasteiger partial charge in [0.2, 0.25) is 5.78 Å². The molecular formula is C29H29N3O9. The lowest BCUT2D eigenvalue weighted by Crippen LogP contribution is -2.63. The summed E-state index contributed by atoms with van der Waals surface area (Å²) in [5.74, 6) is -8.62. The first kappa shape index (κ1) is 28.0. The Balaban J connectivity index is 1.76. The number of hydrogen-bond donors (Lipinski definition) is 7. The smallest absolute Gasteiger partial charge is 0.335 e. The van der Waals surface area contributed by atoms with E-state index in [1.165, 1.54) is 17.0 Å². The van der Waals surface area contributed by atoms with Crippen LogP contribution in [-0.2, 0) is 22.6 Å². The molecule has 3 aliphatic carbocycles. The van der Waals surface area contributed by atoms with Crippen LogP contribution in [-0.4, -0.2) is 79.6 Å². The van der Waals surface area contributed by atoms with Crippen molar-refractivity contribution < 1.29 is 44.7 Å². The number of carboxylic acids is 1. The first-order valence-corrected chi connectivity index (χ1v) is 12.8. The number of aromatic carboxylic acids is 1. The fourth-order valence-corrected chi connectivity index (χ4v) is 6.61. The molecule has 0 radical (unpaired) electrons. The van der Waals surface area contributed by atoms with Crippen LogP contribution in [0.2, 0.25) is 0 Å². The van der Waals surface area contributed by atoms with E-state index < -0.39 is 69.8 Å². The molecule has 0 saturated carbocycles. The van der Waals surface area contributed by atoms with Crippen LogP contribution in [0.25, 0.3) is 11.1 Å². The summed E-state index contributed by atoms with van der Waals surface area (Å²) in [6.07, 6.45) is -0.0145. The van der Waals surface area contributed by atoms with E-state index in [0.717, 1.165) is 0 Å². The molecule has 0 fully saturated rings. The highest BCUT2D eigenvalue weighted by atomic mass is 16.4. The van der Waals surface area contributed by atoms with Gasteiger partial charge >= 0.3 is 5.97 Å². The summed E-state index contributed by atoms with van der Waals surface area (Å²) in [6.45, 7) is -0.173. The lowest BCUT2D eigenvalue weighted by molar-refractivity contribution is -0.148. The van der Waals surface area contributed by atoms with Gasteiger partial charge in [-0.1, -0.05) is 12.1 Å². The molecular weight excluding hydrogens is 534 g/mol. The molecule has 214 valence electrons. The lowest BCUT2D eigenvalue weighted by atomic mass is 9.58. The number of rotatable bonds is 5. The zero-order chi connectivity index (χ0) is 30.1. The highest BCUT2D eigenvalue weighted by Gasteiger charge is 2.63. The van der Waals surface area contributed by atoms with Crippen LogP contribution in [0.15, 0.2) is 53.0 Å². The summed E-state index contributed by atoms with van der Waals surface area (Å²) in [4.78, 5) is 52.7. The number of aliphatic hydroxyl groups excluding tert-OH is 2. The molecule has 5 rings (SSSR count). The maximum absolute atomic E-state index is 14.0. The Labute approximate surface area is 233 Å². The first-order valence-electron chi connectivity index (χ1n) is 12.8. The summed E-state index contributed by atoms with van der Waals surface area (Å²) in [6, 6.07) is 6.51. The molecule has 0 saturated heterocycles. The van der Waals surface area contributed by atoms with Gasteiger partial charge in [-0.05, 0) is 67.7 Å². The Morgan fingerprint density at radius 2 is 1.80 bits per heavy atom. The van der Waals surface area contributed by atoms with Crippen molar-refractivity contribution in [2.75, 3.05) is 14.1 Å². The minimum Gasteiger partial charge on any atom is -0.510 e. The number of aliphatic hydroxyl groups is 3. The van der Waals surface area contributed by atoms with Crippen molar-refractivity contribution in [1.29, 1.82) is 0 Å². The summed E-state index contributed by atoms with van der Waals surface area (Å²) >= 11 is 0. The van der Waals surface area contributed by atoms with Gasteiger partial charge in [0.15, 0.2) is 11.4 Å². The van der Waals surface area contributed by atoms with Gasteiger partial charge in [-0.15, -0.1) is 0 Å². The number of phenols is 1. The summed E-state index contributed by atoms with van der Waals surface area (Å²) in [5.41, 5.74) is 8.58. The Kier molecular flexibility index (Phi) is 6.52. The second-order valence-corrected chi connectivity index (χ2v) is 10.8. The average Bonchev–Trinajstić information content (AvgIpc) is 2.90. The number of carbonyl (C=O) groups is 4. The molecule has 1 amide bonds. The second-order valence-electron chi connectivity index (χ2n) is 10.8. The average molecular weight is 564 g/mol. The Bertz CT molecular complexity index is 1620. The number of ketones is 2. The van der Waals surface area contributed by atoms with Crippen LogP contribution < -0.4 is 11.5 Å². The quantitative estimate of drug-likeness (QED) is 0.253. The predicted molar refractivity (Wildman–Crippen MR) is 144 cm³/mol. The normalized spacial score (nSPS) is 25.6. The van der Waals surface area contributed by atoms with E-state index in [9.17, 15) is 44.7 Å². The second kappa shape index (κ2) is 9.54. The van der Waals surface area contributed by atoms with Gasteiger partial charge in [-0.25, -0.2) is 4.79 Å². The van der Waals surface area contributed by atoms with E-state index in [-0.39, 0.29) is 41.6 Å². The number of hydrogen-bond acceptors (Lipinski definition) is 10. The molecule has 0 aliphatic heterocycles. The number of aromatic hydroxyl groups is 1. The molecule has 0 spiro atoms. The maximum Gasteiger partial charge on any atom is 0.335 e. The largest absolute Gasteiger partial charge is 0.510 e. The van der Waals surface area contributed by atoms with Crippen LogP contribution >= 0.6 is 0 Å². The third kappa shape index (κ3) is 3.86. The Morgan fingerprint density at radius 1 is 1.12 bits per heavy atom. The molecule has 4 atom stereocenters. The Hall–Kier alpha value is -4.52. The molecule has 12 heteroatoms. The van der Waals surface area contributed by atoms with Crippen molar-refractivity contribution in [3.63, 3.8) is 0 Å². The van der Waals surface area contributed by atoms with Gasteiger partial charge in [0.25, 0.3) is 5.91 Å². The van der Waals surface area contributed by atoms with Crippen molar-refractivity contribution >= 4 is 23.4 Å². The van der Waals surface area contributed by atoms with Gasteiger partial charge in [0, 0.05) is 23.6 Å². The minimum atomic E-state index is -2.75. The highest BCUT2D eigenvalue weighted by molar-refractivity contribution is 6.25. The number of allylic oxidation sites excluding steroid dienone is 1. The number of Topliss-reactive ketones (excluding diaryl/α,β-unsaturated/α-hetero) is 2. The topological polar surface area (TPSA) is 225 Å². The first-order chi connectivity index (χ1) is 19.2. The SMILES string of the molecule is CN(C)[C@@H]1C(O)=C(C(N)=O)C(=O)[C@@]2(O)C(O)=C3C(=O)c4c(O)c(CN)cc(-c5cccc(C(=O)O)c5)c4C[C@H]3C[C@@H]12. The lowest BCUT2D eigenvalue weighted by Gasteiger charge is -2.50. The van der Waals surface area contributed by atoms with Crippen LogP contribution in [0, 0.1) is 11.8 Å². The number of amides is 1. The fraction of sp³-hybridized carbons (Fsp3) is 0.310. The maximum atomic E-state index is 14.0. The molecule has 0 bridgehead atoms. The standard InChI is InChI=1S/C29H29N3O9/c1-32(2)21-17-9-13-7-16-15(11-4-3-5-12(6-11)28(39)40)8-14(10-30)22(33)19(16)23(34)18(13)25(36)29(17,41)26(37)20(24(21)35)27(31)38/h3-6,8,13,17,21,33,35-36,41H,7,9-10,30H2,1-2H3,(H2,31,38)(H,39,40)/t13-,17-,21-,29-/m0/s1. The molecule has 0 unspecified atom stereocenters. The van der Waals surface area contributed by atoms with Crippen molar-refractivity contribution in [3.8, 4) is 16.9 Å². The van der Waals surface area contributed by atoms with Gasteiger partial charge in [0.05, 0.1) is 17.2 Å². The number of likely N-dealkylation sites (N-methyl/N-ethyl adjacent to an activating group) is 1. The minimum absolute atomic E-state index is 0.00350. The molecule has 2 aromatic carbocycles. The molecule has 3 aliphatic rings. The van der Waals surface area contributed by atoms with E-state index in [2.05, 4.69) is 0 Å². The van der Waals surface area contributed by atoms with Gasteiger partial charge in [0.1, 0.15) is 22.8 Å². The number of phenolic OH excluding ortho intramolecular Hbond substituents is 1. The molecule has 12 nitrogen and oxygen atoms in total. The van der Waals surface area contributed by atoms with Crippen LogP contribution in [0.1, 0.15) is 38.3 Å². The predicted octanol–water partition coefficient (Wildman–Crippen LogP) is 0.945. The van der Waals surface area contributed by atoms with E-state index >= 15 is 0 Å².